The van der Waals surface area contributed by atoms with Crippen LogP contribution in [0.1, 0.15) is 30.4 Å². The fourth-order valence-electron chi connectivity index (χ4n) is 4.17. The van der Waals surface area contributed by atoms with Gasteiger partial charge in [0.1, 0.15) is 5.82 Å². The number of thioether (sulfide) groups is 1. The molecule has 2 atom stereocenters. The van der Waals surface area contributed by atoms with Crippen molar-refractivity contribution in [3.63, 3.8) is 0 Å². The van der Waals surface area contributed by atoms with Crippen molar-refractivity contribution in [1.29, 1.82) is 0 Å². The van der Waals surface area contributed by atoms with E-state index >= 15 is 0 Å². The van der Waals surface area contributed by atoms with E-state index in [1.165, 1.54) is 22.7 Å². The summed E-state index contributed by atoms with van der Waals surface area (Å²) in [6.45, 7) is 0.226. The molecular weight excluding hydrogens is 443 g/mol. The Balaban J connectivity index is 1.76. The summed E-state index contributed by atoms with van der Waals surface area (Å²) in [5.74, 6) is 0.663. The van der Waals surface area contributed by atoms with E-state index < -0.39 is 11.6 Å². The maximum atomic E-state index is 14.8. The molecule has 0 bridgehead atoms. The van der Waals surface area contributed by atoms with Crippen LogP contribution in [0.5, 0.6) is 0 Å². The predicted octanol–water partition coefficient (Wildman–Crippen LogP) is 5.87. The smallest absolute Gasteiger partial charge is 0.413 e. The Morgan fingerprint density at radius 3 is 2.86 bits per heavy atom. The summed E-state index contributed by atoms with van der Waals surface area (Å²) in [5.41, 5.74) is 0.760. The van der Waals surface area contributed by atoms with E-state index in [2.05, 4.69) is 15.9 Å². The van der Waals surface area contributed by atoms with E-state index in [-0.39, 0.29) is 18.3 Å². The number of nitrogens with zero attached hydrogens (tertiary/aromatic N) is 2. The van der Waals surface area contributed by atoms with Crippen molar-refractivity contribution in [1.82, 2.24) is 4.90 Å². The van der Waals surface area contributed by atoms with Gasteiger partial charge in [-0.1, -0.05) is 64.4 Å². The van der Waals surface area contributed by atoms with Crippen LogP contribution < -0.4 is 0 Å². The quantitative estimate of drug-likeness (QED) is 0.620. The number of hydrogen-bond donors (Lipinski definition) is 1. The highest BCUT2D eigenvalue weighted by atomic mass is 79.9. The normalized spacial score (nSPS) is 23.8. The van der Waals surface area contributed by atoms with Gasteiger partial charge in [-0.25, -0.2) is 9.18 Å². The second kappa shape index (κ2) is 7.87. The molecule has 1 N–H and O–H groups in total. The zero-order chi connectivity index (χ0) is 19.7. The van der Waals surface area contributed by atoms with Gasteiger partial charge in [0, 0.05) is 15.8 Å². The molecular formula is C21H20BrFN2O2S. The Hall–Kier alpha value is -1.86. The van der Waals surface area contributed by atoms with Gasteiger partial charge in [-0.3, -0.25) is 9.89 Å². The van der Waals surface area contributed by atoms with Gasteiger partial charge in [0.05, 0.1) is 12.1 Å². The molecule has 146 valence electrons. The summed E-state index contributed by atoms with van der Waals surface area (Å²) in [5, 5.41) is 10.3. The summed E-state index contributed by atoms with van der Waals surface area (Å²) in [6.07, 6.45) is 1.62. The summed E-state index contributed by atoms with van der Waals surface area (Å²) in [7, 11) is 0. The molecule has 0 spiro atoms. The molecule has 0 saturated heterocycles. The molecule has 0 unspecified atom stereocenters. The molecule has 4 nitrogen and oxygen atoms in total. The van der Waals surface area contributed by atoms with Gasteiger partial charge >= 0.3 is 6.09 Å². The van der Waals surface area contributed by atoms with Crippen molar-refractivity contribution in [2.24, 2.45) is 10.9 Å². The van der Waals surface area contributed by atoms with Crippen LogP contribution in [-0.2, 0) is 12.1 Å². The Bertz CT molecular complexity index is 924. The first-order chi connectivity index (χ1) is 13.5. The molecule has 0 radical (unpaired) electrons. The molecule has 1 heterocycles. The first-order valence-corrected chi connectivity index (χ1v) is 11.0. The monoisotopic (exact) mass is 462 g/mol. The lowest BCUT2D eigenvalue weighted by molar-refractivity contribution is 0.167. The van der Waals surface area contributed by atoms with E-state index in [9.17, 15) is 14.3 Å². The second-order valence-electron chi connectivity index (χ2n) is 7.20. The van der Waals surface area contributed by atoms with Crippen LogP contribution in [0.2, 0.25) is 0 Å². The third-order valence-electron chi connectivity index (χ3n) is 5.53. The molecule has 4 rings (SSSR count). The first-order valence-electron chi connectivity index (χ1n) is 9.22. The van der Waals surface area contributed by atoms with E-state index in [0.29, 0.717) is 10.7 Å². The number of rotatable bonds is 3. The van der Waals surface area contributed by atoms with Crippen molar-refractivity contribution < 1.29 is 14.3 Å². The van der Waals surface area contributed by atoms with Crippen LogP contribution in [0.25, 0.3) is 0 Å². The van der Waals surface area contributed by atoms with Crippen LogP contribution in [0, 0.1) is 11.7 Å². The first kappa shape index (κ1) is 19.5. The fraction of sp³-hybridized carbons (Fsp3) is 0.333. The molecule has 2 aromatic carbocycles. The summed E-state index contributed by atoms with van der Waals surface area (Å²) >= 11 is 4.90. The van der Waals surface area contributed by atoms with Crippen LogP contribution in [0.3, 0.4) is 0 Å². The number of carbonyl (C=O) groups is 1. The molecule has 28 heavy (non-hydrogen) atoms. The predicted molar refractivity (Wildman–Crippen MR) is 113 cm³/mol. The highest BCUT2D eigenvalue weighted by Gasteiger charge is 2.49. The van der Waals surface area contributed by atoms with Crippen LogP contribution >= 0.6 is 27.7 Å². The maximum Gasteiger partial charge on any atom is 0.413 e. The maximum absolute atomic E-state index is 14.8. The molecule has 2 aromatic rings. The summed E-state index contributed by atoms with van der Waals surface area (Å²) < 4.78 is 15.6. The lowest BCUT2D eigenvalue weighted by atomic mass is 9.81. The minimum absolute atomic E-state index is 0.206. The molecule has 2 aliphatic rings. The van der Waals surface area contributed by atoms with Gasteiger partial charge in [0.2, 0.25) is 0 Å². The standard InChI is InChI=1S/C21H20BrFN2O2S/c22-16-8-9-18(23)17(11-16)21-10-4-7-15(21)13-28-19(24-21)25(20(26)27)12-14-5-2-1-3-6-14/h1-3,5-6,8-9,11,15H,4,7,10,12-13H2,(H,26,27)/t15-,21-/m0/s1. The van der Waals surface area contributed by atoms with Gasteiger partial charge in [-0.15, -0.1) is 0 Å². The van der Waals surface area contributed by atoms with Crippen molar-refractivity contribution in [3.8, 4) is 0 Å². The van der Waals surface area contributed by atoms with E-state index in [4.69, 9.17) is 4.99 Å². The van der Waals surface area contributed by atoms with Crippen molar-refractivity contribution in [2.45, 2.75) is 31.3 Å². The highest BCUT2D eigenvalue weighted by Crippen LogP contribution is 2.52. The number of benzene rings is 2. The summed E-state index contributed by atoms with van der Waals surface area (Å²) in [4.78, 5) is 18.2. The van der Waals surface area contributed by atoms with E-state index in [0.717, 1.165) is 35.1 Å². The average molecular weight is 463 g/mol. The number of halogens is 2. The van der Waals surface area contributed by atoms with E-state index in [1.54, 1.807) is 12.1 Å². The van der Waals surface area contributed by atoms with Gasteiger partial charge in [0.15, 0.2) is 5.17 Å². The van der Waals surface area contributed by atoms with Gasteiger partial charge in [-0.2, -0.15) is 0 Å². The molecule has 1 amide bonds. The largest absolute Gasteiger partial charge is 0.465 e. The van der Waals surface area contributed by atoms with Crippen LogP contribution in [0.15, 0.2) is 58.0 Å². The van der Waals surface area contributed by atoms with Crippen molar-refractivity contribution >= 4 is 39.0 Å². The third kappa shape index (κ3) is 3.57. The number of amides is 1. The molecule has 1 aliphatic heterocycles. The third-order valence-corrected chi connectivity index (χ3v) is 7.17. The number of amidine groups is 1. The molecule has 0 aromatic heterocycles. The number of hydrogen-bond acceptors (Lipinski definition) is 3. The van der Waals surface area contributed by atoms with Gasteiger partial charge in [-0.05, 0) is 42.5 Å². The van der Waals surface area contributed by atoms with Crippen LogP contribution in [0.4, 0.5) is 9.18 Å². The van der Waals surface area contributed by atoms with Gasteiger partial charge < -0.3 is 5.11 Å². The Morgan fingerprint density at radius 1 is 1.32 bits per heavy atom. The fourth-order valence-corrected chi connectivity index (χ4v) is 5.85. The van der Waals surface area contributed by atoms with Gasteiger partial charge in [0.25, 0.3) is 0 Å². The lowest BCUT2D eigenvalue weighted by Crippen LogP contribution is -2.42. The zero-order valence-electron chi connectivity index (χ0n) is 15.1. The number of fused-ring (bicyclic) bond motifs is 1. The second-order valence-corrected chi connectivity index (χ2v) is 9.10. The number of carboxylic acid groups (broad SMARTS) is 1. The topological polar surface area (TPSA) is 52.9 Å². The molecule has 1 saturated carbocycles. The Morgan fingerprint density at radius 2 is 2.11 bits per heavy atom. The Labute approximate surface area is 176 Å². The SMILES string of the molecule is O=C(O)N(Cc1ccccc1)C1=N[C@@]2(c3cc(Br)ccc3F)CCC[C@H]2CS1. The van der Waals surface area contributed by atoms with E-state index in [1.807, 2.05) is 30.3 Å². The van der Waals surface area contributed by atoms with Crippen LogP contribution in [-0.4, -0.2) is 27.0 Å². The summed E-state index contributed by atoms with van der Waals surface area (Å²) in [6, 6.07) is 14.4. The lowest BCUT2D eigenvalue weighted by Gasteiger charge is -2.38. The molecule has 1 fully saturated rings. The van der Waals surface area contributed by atoms with Crippen molar-refractivity contribution in [2.75, 3.05) is 5.75 Å². The Kier molecular flexibility index (Phi) is 5.47. The average Bonchev–Trinajstić information content (AvgIpc) is 3.12. The number of aliphatic imine (C=N–C) groups is 1. The minimum Gasteiger partial charge on any atom is -0.465 e. The zero-order valence-corrected chi connectivity index (χ0v) is 17.5. The highest BCUT2D eigenvalue weighted by molar-refractivity contribution is 9.10. The van der Waals surface area contributed by atoms with Crippen molar-refractivity contribution in [3.05, 3.63) is 69.9 Å². The minimum atomic E-state index is -1.04. The molecule has 7 heteroatoms. The molecule has 1 aliphatic carbocycles.